The third-order valence-corrected chi connectivity index (χ3v) is 4.34. The molecule has 0 aliphatic heterocycles. The molecule has 1 aromatic rings. The van der Waals surface area contributed by atoms with Crippen molar-refractivity contribution in [3.8, 4) is 6.07 Å². The van der Waals surface area contributed by atoms with Crippen LogP contribution in [-0.2, 0) is 19.6 Å². The van der Waals surface area contributed by atoms with Gasteiger partial charge in [0.1, 0.15) is 10.9 Å². The number of nitrogens with zero attached hydrogens (tertiary/aromatic N) is 1. The summed E-state index contributed by atoms with van der Waals surface area (Å²) in [6.45, 7) is 3.12. The van der Waals surface area contributed by atoms with Gasteiger partial charge in [-0.15, -0.1) is 0 Å². The van der Waals surface area contributed by atoms with Crippen molar-refractivity contribution in [3.63, 3.8) is 0 Å². The molecule has 1 rings (SSSR count). The first-order valence-electron chi connectivity index (χ1n) is 5.70. The molecule has 1 N–H and O–H groups in total. The minimum Gasteiger partial charge on any atom is -0.465 e. The largest absolute Gasteiger partial charge is 0.465 e. The molecule has 6 nitrogen and oxygen atoms in total. The molecule has 1 aromatic carbocycles. The number of ether oxygens (including phenoxy) is 1. The second-order valence-electron chi connectivity index (χ2n) is 3.85. The van der Waals surface area contributed by atoms with Crippen LogP contribution in [0.15, 0.2) is 23.1 Å². The van der Waals surface area contributed by atoms with Gasteiger partial charge in [-0.1, -0.05) is 11.6 Å². The van der Waals surface area contributed by atoms with Crippen molar-refractivity contribution in [2.24, 2.45) is 0 Å². The lowest BCUT2D eigenvalue weighted by atomic mass is 10.2. The Hall–Kier alpha value is -1.62. The van der Waals surface area contributed by atoms with E-state index < -0.39 is 22.0 Å². The van der Waals surface area contributed by atoms with E-state index in [9.17, 15) is 13.2 Å². The maximum absolute atomic E-state index is 12.1. The maximum atomic E-state index is 12.1. The van der Waals surface area contributed by atoms with Gasteiger partial charge in [0.15, 0.2) is 0 Å². The molecule has 0 radical (unpaired) electrons. The van der Waals surface area contributed by atoms with Crippen LogP contribution in [0.4, 0.5) is 0 Å². The molecule has 0 saturated carbocycles. The highest BCUT2D eigenvalue weighted by Gasteiger charge is 2.25. The average Bonchev–Trinajstić information content (AvgIpc) is 2.38. The number of carbonyl (C=O) groups is 1. The van der Waals surface area contributed by atoms with Crippen LogP contribution in [-0.4, -0.2) is 27.0 Å². The van der Waals surface area contributed by atoms with Crippen molar-refractivity contribution in [3.05, 3.63) is 28.8 Å². The number of nitrogens with one attached hydrogen (secondary N) is 1. The van der Waals surface area contributed by atoms with Crippen molar-refractivity contribution in [2.75, 3.05) is 6.61 Å². The van der Waals surface area contributed by atoms with E-state index in [2.05, 4.69) is 4.72 Å². The fraction of sp³-hybridized carbons (Fsp3) is 0.333. The first-order valence-corrected chi connectivity index (χ1v) is 7.56. The topological polar surface area (TPSA) is 96.3 Å². The molecular formula is C12H13ClN2O4S. The molecule has 0 heterocycles. The average molecular weight is 317 g/mol. The number of hydrogen-bond acceptors (Lipinski definition) is 5. The molecule has 0 saturated heterocycles. The summed E-state index contributed by atoms with van der Waals surface area (Å²) in [4.78, 5) is 11.2. The molecule has 0 fully saturated rings. The van der Waals surface area contributed by atoms with Crippen LogP contribution in [0, 0.1) is 11.3 Å². The van der Waals surface area contributed by atoms with Gasteiger partial charge in [0.2, 0.25) is 10.0 Å². The molecule has 0 spiro atoms. The van der Waals surface area contributed by atoms with E-state index in [1.165, 1.54) is 19.1 Å². The van der Waals surface area contributed by atoms with E-state index in [4.69, 9.17) is 21.6 Å². The third-order valence-electron chi connectivity index (χ3n) is 2.32. The predicted molar refractivity (Wildman–Crippen MR) is 72.6 cm³/mol. The fourth-order valence-electron chi connectivity index (χ4n) is 1.39. The third kappa shape index (κ3) is 3.93. The highest BCUT2D eigenvalue weighted by atomic mass is 35.5. The Morgan fingerprint density at radius 3 is 2.75 bits per heavy atom. The molecule has 1 atom stereocenters. The second kappa shape index (κ2) is 6.70. The van der Waals surface area contributed by atoms with Crippen molar-refractivity contribution in [1.29, 1.82) is 5.26 Å². The van der Waals surface area contributed by atoms with E-state index in [0.29, 0.717) is 0 Å². The van der Waals surface area contributed by atoms with Gasteiger partial charge in [-0.05, 0) is 32.0 Å². The van der Waals surface area contributed by atoms with Crippen molar-refractivity contribution < 1.29 is 17.9 Å². The van der Waals surface area contributed by atoms with Crippen LogP contribution in [0.5, 0.6) is 0 Å². The van der Waals surface area contributed by atoms with Crippen molar-refractivity contribution in [2.45, 2.75) is 24.8 Å². The summed E-state index contributed by atoms with van der Waals surface area (Å²) in [6, 6.07) is 4.62. The number of hydrogen-bond donors (Lipinski definition) is 1. The van der Waals surface area contributed by atoms with Gasteiger partial charge in [0, 0.05) is 0 Å². The number of halogens is 1. The summed E-state index contributed by atoms with van der Waals surface area (Å²) in [6.07, 6.45) is 0. The van der Waals surface area contributed by atoms with Crippen LogP contribution >= 0.6 is 11.6 Å². The Morgan fingerprint density at radius 1 is 1.55 bits per heavy atom. The SMILES string of the molecule is CCOC(=O)C(C)NS(=O)(=O)c1cc(C#N)ccc1Cl. The highest BCUT2D eigenvalue weighted by molar-refractivity contribution is 7.89. The van der Waals surface area contributed by atoms with Gasteiger partial charge in [-0.2, -0.15) is 9.98 Å². The standard InChI is InChI=1S/C12H13ClN2O4S/c1-3-19-12(16)8(2)15-20(17,18)11-6-9(7-14)4-5-10(11)13/h4-6,8,15H,3H2,1-2H3. The minimum absolute atomic E-state index is 0.0347. The second-order valence-corrected chi connectivity index (χ2v) is 5.94. The van der Waals surface area contributed by atoms with Gasteiger partial charge in [0.25, 0.3) is 0 Å². The molecule has 0 bridgehead atoms. The smallest absolute Gasteiger partial charge is 0.323 e. The Kier molecular flexibility index (Phi) is 5.51. The van der Waals surface area contributed by atoms with Crippen LogP contribution in [0.1, 0.15) is 19.4 Å². The van der Waals surface area contributed by atoms with Gasteiger partial charge in [-0.25, -0.2) is 8.42 Å². The zero-order chi connectivity index (χ0) is 15.3. The highest BCUT2D eigenvalue weighted by Crippen LogP contribution is 2.22. The Bertz CT molecular complexity index is 652. The monoisotopic (exact) mass is 316 g/mol. The van der Waals surface area contributed by atoms with Crippen LogP contribution in [0.2, 0.25) is 5.02 Å². The molecule has 8 heteroatoms. The summed E-state index contributed by atoms with van der Waals surface area (Å²) in [5.41, 5.74) is 0.151. The lowest BCUT2D eigenvalue weighted by Gasteiger charge is -2.13. The molecule has 20 heavy (non-hydrogen) atoms. The normalized spacial score (nSPS) is 12.5. The summed E-state index contributed by atoms with van der Waals surface area (Å²) in [7, 11) is -4.02. The number of rotatable bonds is 5. The molecule has 1 unspecified atom stereocenters. The minimum atomic E-state index is -4.02. The van der Waals surface area contributed by atoms with Crippen LogP contribution in [0.3, 0.4) is 0 Å². The number of sulfonamides is 1. The number of nitriles is 1. The zero-order valence-corrected chi connectivity index (χ0v) is 12.5. The van der Waals surface area contributed by atoms with E-state index in [1.54, 1.807) is 6.92 Å². The maximum Gasteiger partial charge on any atom is 0.323 e. The molecule has 0 aliphatic carbocycles. The molecular weight excluding hydrogens is 304 g/mol. The van der Waals surface area contributed by atoms with Gasteiger partial charge in [0.05, 0.1) is 23.3 Å². The fourth-order valence-corrected chi connectivity index (χ4v) is 3.11. The lowest BCUT2D eigenvalue weighted by Crippen LogP contribution is -2.39. The lowest BCUT2D eigenvalue weighted by molar-refractivity contribution is -0.144. The number of esters is 1. The quantitative estimate of drug-likeness (QED) is 0.829. The molecule has 0 amide bonds. The van der Waals surface area contributed by atoms with E-state index in [1.807, 2.05) is 6.07 Å². The Balaban J connectivity index is 3.06. The van der Waals surface area contributed by atoms with E-state index in [0.717, 1.165) is 6.07 Å². The van der Waals surface area contributed by atoms with Crippen molar-refractivity contribution >= 4 is 27.6 Å². The van der Waals surface area contributed by atoms with Crippen LogP contribution in [0.25, 0.3) is 0 Å². The van der Waals surface area contributed by atoms with E-state index in [-0.39, 0.29) is 22.1 Å². The van der Waals surface area contributed by atoms with Gasteiger partial charge < -0.3 is 4.74 Å². The molecule has 0 aromatic heterocycles. The predicted octanol–water partition coefficient (Wildman–Crippen LogP) is 1.44. The number of benzene rings is 1. The first kappa shape index (κ1) is 16.4. The molecule has 108 valence electrons. The number of carbonyl (C=O) groups excluding carboxylic acids is 1. The first-order chi connectivity index (χ1) is 9.31. The zero-order valence-electron chi connectivity index (χ0n) is 10.9. The summed E-state index contributed by atoms with van der Waals surface area (Å²) in [5, 5.41) is 8.74. The van der Waals surface area contributed by atoms with Crippen LogP contribution < -0.4 is 4.72 Å². The van der Waals surface area contributed by atoms with Crippen molar-refractivity contribution in [1.82, 2.24) is 4.72 Å². The van der Waals surface area contributed by atoms with Gasteiger partial charge >= 0.3 is 5.97 Å². The van der Waals surface area contributed by atoms with E-state index >= 15 is 0 Å². The summed E-state index contributed by atoms with van der Waals surface area (Å²) < 4.78 is 31.1. The Morgan fingerprint density at radius 2 is 2.20 bits per heavy atom. The Labute approximate surface area is 122 Å². The summed E-state index contributed by atoms with van der Waals surface area (Å²) in [5.74, 6) is -0.691. The summed E-state index contributed by atoms with van der Waals surface area (Å²) >= 11 is 5.82. The van der Waals surface area contributed by atoms with Gasteiger partial charge in [-0.3, -0.25) is 4.79 Å². The molecule has 0 aliphatic rings.